The zero-order valence-electron chi connectivity index (χ0n) is 14.4. The summed E-state index contributed by atoms with van der Waals surface area (Å²) in [7, 11) is 0. The Labute approximate surface area is 153 Å². The molecule has 1 aromatic carbocycles. The summed E-state index contributed by atoms with van der Waals surface area (Å²) in [6, 6.07) is 5.09. The fourth-order valence-electron chi connectivity index (χ4n) is 4.12. The number of nitrogens with zero attached hydrogens (tertiary/aromatic N) is 1. The van der Waals surface area contributed by atoms with E-state index in [1.807, 2.05) is 0 Å². The third-order valence-electron chi connectivity index (χ3n) is 5.59. The maximum atomic E-state index is 14.5. The number of carboxylic acids is 1. The molecule has 4 nitrogen and oxygen atoms in total. The van der Waals surface area contributed by atoms with Gasteiger partial charge in [0.2, 0.25) is 0 Å². The van der Waals surface area contributed by atoms with Crippen molar-refractivity contribution in [1.29, 1.82) is 0 Å². The van der Waals surface area contributed by atoms with Gasteiger partial charge in [0.25, 0.3) is 0 Å². The number of halogens is 2. The van der Waals surface area contributed by atoms with Crippen molar-refractivity contribution in [2.45, 2.75) is 50.6 Å². The van der Waals surface area contributed by atoms with Crippen LogP contribution >= 0.6 is 11.6 Å². The predicted molar refractivity (Wildman–Crippen MR) is 96.3 cm³/mol. The second-order valence-corrected chi connectivity index (χ2v) is 7.60. The van der Waals surface area contributed by atoms with Crippen molar-refractivity contribution in [2.75, 3.05) is 19.6 Å². The van der Waals surface area contributed by atoms with Crippen molar-refractivity contribution in [2.24, 2.45) is 5.92 Å². The highest BCUT2D eigenvalue weighted by molar-refractivity contribution is 6.31. The lowest BCUT2D eigenvalue weighted by Gasteiger charge is -2.33. The lowest BCUT2D eigenvalue weighted by molar-refractivity contribution is -0.142. The van der Waals surface area contributed by atoms with Crippen molar-refractivity contribution < 1.29 is 14.3 Å². The van der Waals surface area contributed by atoms with Gasteiger partial charge < -0.3 is 10.4 Å². The van der Waals surface area contributed by atoms with Gasteiger partial charge in [-0.05, 0) is 63.7 Å². The summed E-state index contributed by atoms with van der Waals surface area (Å²) < 4.78 is 14.5. The summed E-state index contributed by atoms with van der Waals surface area (Å²) in [5.74, 6) is -1.15. The Balaban J connectivity index is 1.66. The van der Waals surface area contributed by atoms with E-state index in [4.69, 9.17) is 16.7 Å². The Bertz CT molecular complexity index is 579. The molecule has 1 aliphatic heterocycles. The summed E-state index contributed by atoms with van der Waals surface area (Å²) >= 11 is 6.32. The molecule has 2 N–H and O–H groups in total. The molecule has 0 bridgehead atoms. The molecule has 0 spiro atoms. The predicted octanol–water partition coefficient (Wildman–Crippen LogP) is 3.85. The van der Waals surface area contributed by atoms with Crippen molar-refractivity contribution >= 4 is 17.6 Å². The molecule has 0 aromatic heterocycles. The molecule has 1 saturated carbocycles. The van der Waals surface area contributed by atoms with E-state index in [1.165, 1.54) is 6.07 Å². The van der Waals surface area contributed by atoms with Gasteiger partial charge in [0.05, 0.1) is 12.0 Å². The molecule has 25 heavy (non-hydrogen) atoms. The Kier molecular flexibility index (Phi) is 6.31. The van der Waals surface area contributed by atoms with Gasteiger partial charge in [-0.1, -0.05) is 17.7 Å². The van der Waals surface area contributed by atoms with Crippen LogP contribution in [0, 0.1) is 11.7 Å². The van der Waals surface area contributed by atoms with Crippen molar-refractivity contribution in [3.8, 4) is 0 Å². The van der Waals surface area contributed by atoms with E-state index in [1.54, 1.807) is 12.1 Å². The van der Waals surface area contributed by atoms with E-state index < -0.39 is 5.97 Å². The minimum Gasteiger partial charge on any atom is -0.481 e. The van der Waals surface area contributed by atoms with Crippen LogP contribution in [0.5, 0.6) is 0 Å². The first kappa shape index (κ1) is 18.6. The number of rotatable bonds is 6. The summed E-state index contributed by atoms with van der Waals surface area (Å²) in [5, 5.41) is 13.1. The summed E-state index contributed by atoms with van der Waals surface area (Å²) in [4.78, 5) is 13.4. The van der Waals surface area contributed by atoms with Crippen LogP contribution in [0.15, 0.2) is 18.2 Å². The van der Waals surface area contributed by atoms with Crippen LogP contribution < -0.4 is 5.32 Å². The van der Waals surface area contributed by atoms with Gasteiger partial charge in [0, 0.05) is 23.2 Å². The Morgan fingerprint density at radius 3 is 2.56 bits per heavy atom. The molecule has 1 unspecified atom stereocenters. The highest BCUT2D eigenvalue weighted by atomic mass is 35.5. The monoisotopic (exact) mass is 368 g/mol. The molecule has 0 amide bonds. The molecule has 1 aromatic rings. The topological polar surface area (TPSA) is 52.6 Å². The van der Waals surface area contributed by atoms with Gasteiger partial charge in [0.1, 0.15) is 5.82 Å². The third-order valence-corrected chi connectivity index (χ3v) is 5.92. The minimum absolute atomic E-state index is 0.0756. The third kappa shape index (κ3) is 4.52. The summed E-state index contributed by atoms with van der Waals surface area (Å²) in [6.07, 6.45) is 5.39. The maximum Gasteiger partial charge on any atom is 0.306 e. The minimum atomic E-state index is -0.688. The van der Waals surface area contributed by atoms with Crippen LogP contribution in [-0.4, -0.2) is 41.7 Å². The molecular weight excluding hydrogens is 343 g/mol. The molecule has 1 atom stereocenters. The van der Waals surface area contributed by atoms with Crippen LogP contribution in [0.25, 0.3) is 0 Å². The van der Waals surface area contributed by atoms with Crippen LogP contribution in [-0.2, 0) is 4.79 Å². The van der Waals surface area contributed by atoms with Gasteiger partial charge in [-0.15, -0.1) is 0 Å². The van der Waals surface area contributed by atoms with Gasteiger partial charge in [0.15, 0.2) is 0 Å². The Morgan fingerprint density at radius 2 is 1.96 bits per heavy atom. The normalized spacial score (nSPS) is 25.8. The lowest BCUT2D eigenvalue weighted by atomic mass is 9.86. The Hall–Kier alpha value is -1.17. The molecule has 6 heteroatoms. The zero-order chi connectivity index (χ0) is 17.8. The smallest absolute Gasteiger partial charge is 0.306 e. The van der Waals surface area contributed by atoms with Crippen LogP contribution in [0.1, 0.15) is 50.1 Å². The first-order valence-corrected chi connectivity index (χ1v) is 9.58. The molecule has 138 valence electrons. The van der Waals surface area contributed by atoms with Gasteiger partial charge in [-0.2, -0.15) is 0 Å². The number of hydrogen-bond donors (Lipinski definition) is 2. The Morgan fingerprint density at radius 1 is 1.28 bits per heavy atom. The number of aliphatic carboxylic acids is 1. The average Bonchev–Trinajstić information content (AvgIpc) is 3.12. The van der Waals surface area contributed by atoms with Gasteiger partial charge in [-0.25, -0.2) is 4.39 Å². The fourth-order valence-corrected chi connectivity index (χ4v) is 4.41. The van der Waals surface area contributed by atoms with E-state index in [9.17, 15) is 9.18 Å². The second-order valence-electron chi connectivity index (χ2n) is 7.19. The number of hydrogen-bond acceptors (Lipinski definition) is 3. The number of nitrogens with one attached hydrogen (secondary N) is 1. The molecule has 1 saturated heterocycles. The number of carboxylic acid groups (broad SMARTS) is 1. The standard InChI is InChI=1S/C19H26ClFN2O2/c20-15-4-3-5-16(21)18(15)17(23-10-1-2-11-23)12-22-14-8-6-13(7-9-14)19(24)25/h3-5,13-14,17,22H,1-2,6-12H2,(H,24,25). The van der Waals surface area contributed by atoms with Crippen LogP contribution in [0.2, 0.25) is 5.02 Å². The quantitative estimate of drug-likeness (QED) is 0.800. The molecule has 1 aliphatic carbocycles. The van der Waals surface area contributed by atoms with Crippen LogP contribution in [0.4, 0.5) is 4.39 Å². The first-order valence-electron chi connectivity index (χ1n) is 9.20. The van der Waals surface area contributed by atoms with E-state index in [0.29, 0.717) is 36.0 Å². The molecule has 3 rings (SSSR count). The van der Waals surface area contributed by atoms with Crippen molar-refractivity contribution in [1.82, 2.24) is 10.2 Å². The molecule has 2 fully saturated rings. The summed E-state index contributed by atoms with van der Waals surface area (Å²) in [5.41, 5.74) is 0.581. The number of benzene rings is 1. The van der Waals surface area contributed by atoms with E-state index in [0.717, 1.165) is 38.8 Å². The molecule has 2 aliphatic rings. The van der Waals surface area contributed by atoms with Gasteiger partial charge in [-0.3, -0.25) is 9.69 Å². The average molecular weight is 369 g/mol. The maximum absolute atomic E-state index is 14.5. The highest BCUT2D eigenvalue weighted by Gasteiger charge is 2.30. The molecular formula is C19H26ClFN2O2. The van der Waals surface area contributed by atoms with Crippen molar-refractivity contribution in [3.63, 3.8) is 0 Å². The SMILES string of the molecule is O=C(O)C1CCC(NCC(c2c(F)cccc2Cl)N2CCCC2)CC1. The lowest BCUT2D eigenvalue weighted by Crippen LogP contribution is -2.41. The first-order chi connectivity index (χ1) is 12.1. The van der Waals surface area contributed by atoms with E-state index >= 15 is 0 Å². The fraction of sp³-hybridized carbons (Fsp3) is 0.632. The van der Waals surface area contributed by atoms with Gasteiger partial charge >= 0.3 is 5.97 Å². The molecule has 0 radical (unpaired) electrons. The highest BCUT2D eigenvalue weighted by Crippen LogP contribution is 2.32. The second kappa shape index (κ2) is 8.47. The number of likely N-dealkylation sites (tertiary alicyclic amines) is 1. The zero-order valence-corrected chi connectivity index (χ0v) is 15.1. The van der Waals surface area contributed by atoms with Crippen molar-refractivity contribution in [3.05, 3.63) is 34.6 Å². The molecule has 1 heterocycles. The largest absolute Gasteiger partial charge is 0.481 e. The van der Waals surface area contributed by atoms with E-state index in [-0.39, 0.29) is 17.8 Å². The number of carbonyl (C=O) groups is 1. The summed E-state index contributed by atoms with van der Waals surface area (Å²) in [6.45, 7) is 2.56. The van der Waals surface area contributed by atoms with Crippen LogP contribution in [0.3, 0.4) is 0 Å². The van der Waals surface area contributed by atoms with E-state index in [2.05, 4.69) is 10.2 Å².